The zero-order valence-electron chi connectivity index (χ0n) is 9.40. The lowest BCUT2D eigenvalue weighted by molar-refractivity contribution is 0.0599. The van der Waals surface area contributed by atoms with E-state index in [1.165, 1.54) is 13.2 Å². The van der Waals surface area contributed by atoms with Gasteiger partial charge in [-0.25, -0.2) is 4.79 Å². The second-order valence-electron chi connectivity index (χ2n) is 3.70. The molecule has 17 heavy (non-hydrogen) atoms. The van der Waals surface area contributed by atoms with Crippen LogP contribution in [0.2, 0.25) is 0 Å². The van der Waals surface area contributed by atoms with Gasteiger partial charge >= 0.3 is 5.97 Å². The molecule has 0 fully saturated rings. The molecule has 0 aliphatic carbocycles. The first-order valence-corrected chi connectivity index (χ1v) is 4.98. The number of aromatic amines is 1. The molecule has 2 rings (SSSR count). The Morgan fingerprint density at radius 2 is 2.12 bits per heavy atom. The van der Waals surface area contributed by atoms with Crippen molar-refractivity contribution < 1.29 is 14.6 Å². The normalized spacial score (nSPS) is 10.5. The van der Waals surface area contributed by atoms with Crippen LogP contribution in [0.25, 0.3) is 10.8 Å². The molecule has 0 bridgehead atoms. The number of hydrogen-bond acceptors (Lipinski definition) is 4. The number of methoxy groups -OCH3 is 1. The molecule has 2 N–H and O–H groups in total. The van der Waals surface area contributed by atoms with E-state index >= 15 is 0 Å². The molecule has 88 valence electrons. The van der Waals surface area contributed by atoms with E-state index in [0.29, 0.717) is 11.1 Å². The number of H-pyrrole nitrogens is 1. The third-order valence-corrected chi connectivity index (χ3v) is 2.51. The van der Waals surface area contributed by atoms with E-state index in [9.17, 15) is 14.7 Å². The highest BCUT2D eigenvalue weighted by Gasteiger charge is 2.18. The minimum atomic E-state index is -0.734. The Balaban J connectivity index is 2.95. The van der Waals surface area contributed by atoms with Gasteiger partial charge in [-0.1, -0.05) is 6.07 Å². The Morgan fingerprint density at radius 3 is 2.76 bits per heavy atom. The highest BCUT2D eigenvalue weighted by atomic mass is 16.5. The summed E-state index contributed by atoms with van der Waals surface area (Å²) < 4.78 is 4.56. The number of rotatable bonds is 1. The maximum Gasteiger partial charge on any atom is 0.342 e. The second-order valence-corrected chi connectivity index (χ2v) is 3.70. The molecule has 0 spiro atoms. The number of carbonyl (C=O) groups excluding carboxylic acids is 1. The molecule has 5 nitrogen and oxygen atoms in total. The summed E-state index contributed by atoms with van der Waals surface area (Å²) in [7, 11) is 1.20. The number of phenols is 1. The summed E-state index contributed by atoms with van der Waals surface area (Å²) in [5.41, 5.74) is 0.159. The van der Waals surface area contributed by atoms with Crippen molar-refractivity contribution >= 4 is 16.7 Å². The van der Waals surface area contributed by atoms with Crippen molar-refractivity contribution in [3.05, 3.63) is 39.8 Å². The Labute approximate surface area is 96.7 Å². The van der Waals surface area contributed by atoms with Gasteiger partial charge in [-0.2, -0.15) is 0 Å². The van der Waals surface area contributed by atoms with E-state index in [2.05, 4.69) is 9.72 Å². The number of fused-ring (bicyclic) bond motifs is 1. The number of ether oxygens (including phenoxy) is 1. The van der Waals surface area contributed by atoms with Gasteiger partial charge < -0.3 is 14.8 Å². The molecule has 0 amide bonds. The molecule has 1 heterocycles. The number of nitrogens with one attached hydrogen (secondary N) is 1. The molecule has 5 heteroatoms. The van der Waals surface area contributed by atoms with Crippen molar-refractivity contribution in [3.63, 3.8) is 0 Å². The summed E-state index contributed by atoms with van der Waals surface area (Å²) in [6.07, 6.45) is 0. The molecule has 0 saturated carbocycles. The summed E-state index contributed by atoms with van der Waals surface area (Å²) in [4.78, 5) is 26.0. The van der Waals surface area contributed by atoms with Gasteiger partial charge in [-0.15, -0.1) is 0 Å². The van der Waals surface area contributed by atoms with Crippen LogP contribution in [0.5, 0.6) is 5.75 Å². The average molecular weight is 233 g/mol. The van der Waals surface area contributed by atoms with E-state index in [1.807, 2.05) is 0 Å². The number of pyridine rings is 1. The van der Waals surface area contributed by atoms with Gasteiger partial charge in [0.15, 0.2) is 0 Å². The molecule has 0 aliphatic rings. The topological polar surface area (TPSA) is 79.4 Å². The monoisotopic (exact) mass is 233 g/mol. The lowest BCUT2D eigenvalue weighted by Crippen LogP contribution is -2.13. The van der Waals surface area contributed by atoms with Crippen molar-refractivity contribution in [2.75, 3.05) is 7.11 Å². The van der Waals surface area contributed by atoms with Crippen LogP contribution in [0.15, 0.2) is 23.0 Å². The smallest absolute Gasteiger partial charge is 0.342 e. The summed E-state index contributed by atoms with van der Waals surface area (Å²) in [5.74, 6) is -0.999. The van der Waals surface area contributed by atoms with Gasteiger partial charge in [0.1, 0.15) is 11.3 Å². The fourth-order valence-corrected chi connectivity index (χ4v) is 1.79. The zero-order chi connectivity index (χ0) is 12.6. The molecule has 1 aromatic carbocycles. The van der Waals surface area contributed by atoms with E-state index in [1.54, 1.807) is 19.1 Å². The molecule has 1 aromatic heterocycles. The van der Waals surface area contributed by atoms with Gasteiger partial charge in [0.25, 0.3) is 5.56 Å². The van der Waals surface area contributed by atoms with Crippen LogP contribution in [0, 0.1) is 6.92 Å². The quantitative estimate of drug-likeness (QED) is 0.728. The first kappa shape index (κ1) is 11.2. The molecular formula is C12H11NO4. The maximum absolute atomic E-state index is 11.8. The van der Waals surface area contributed by atoms with Gasteiger partial charge in [0, 0.05) is 5.69 Å². The van der Waals surface area contributed by atoms with Crippen molar-refractivity contribution in [3.8, 4) is 5.75 Å². The van der Waals surface area contributed by atoms with E-state index in [4.69, 9.17) is 0 Å². The van der Waals surface area contributed by atoms with Crippen molar-refractivity contribution in [1.29, 1.82) is 0 Å². The predicted octanol–water partition coefficient (Wildman–Crippen LogP) is 1.33. The number of esters is 1. The largest absolute Gasteiger partial charge is 0.507 e. The fraction of sp³-hybridized carbons (Fsp3) is 0.167. The molecule has 2 aromatic rings. The number of hydrogen-bond donors (Lipinski definition) is 2. The third kappa shape index (κ3) is 1.75. The Hall–Kier alpha value is -2.30. The number of aromatic nitrogens is 1. The molecular weight excluding hydrogens is 222 g/mol. The number of aryl methyl sites for hydroxylation is 1. The van der Waals surface area contributed by atoms with Crippen LogP contribution in [0.3, 0.4) is 0 Å². The third-order valence-electron chi connectivity index (χ3n) is 2.51. The molecule has 0 saturated heterocycles. The minimum absolute atomic E-state index is 0.105. The van der Waals surface area contributed by atoms with Crippen molar-refractivity contribution in [1.82, 2.24) is 4.98 Å². The molecule has 0 atom stereocenters. The molecule has 0 radical (unpaired) electrons. The zero-order valence-corrected chi connectivity index (χ0v) is 9.40. The molecule has 0 aliphatic heterocycles. The summed E-state index contributed by atoms with van der Waals surface area (Å²) in [6, 6.07) is 4.68. The van der Waals surface area contributed by atoms with Crippen molar-refractivity contribution in [2.45, 2.75) is 6.92 Å². The van der Waals surface area contributed by atoms with Crippen LogP contribution in [0.4, 0.5) is 0 Å². The first-order chi connectivity index (χ1) is 8.04. The molecule has 0 unspecified atom stereocenters. The lowest BCUT2D eigenvalue weighted by Gasteiger charge is -2.07. The second kappa shape index (κ2) is 3.93. The predicted molar refractivity (Wildman–Crippen MR) is 62.3 cm³/mol. The van der Waals surface area contributed by atoms with Gasteiger partial charge in [-0.05, 0) is 24.4 Å². The fourth-order valence-electron chi connectivity index (χ4n) is 1.79. The first-order valence-electron chi connectivity index (χ1n) is 4.98. The summed E-state index contributed by atoms with van der Waals surface area (Å²) in [5, 5.41) is 10.4. The summed E-state index contributed by atoms with van der Waals surface area (Å²) >= 11 is 0. The van der Waals surface area contributed by atoms with Crippen molar-refractivity contribution in [2.24, 2.45) is 0 Å². The summed E-state index contributed by atoms with van der Waals surface area (Å²) in [6.45, 7) is 1.74. The van der Waals surface area contributed by atoms with E-state index in [0.717, 1.165) is 0 Å². The maximum atomic E-state index is 11.8. The van der Waals surface area contributed by atoms with Crippen LogP contribution in [-0.2, 0) is 4.74 Å². The number of carbonyl (C=O) groups is 1. The van der Waals surface area contributed by atoms with E-state index < -0.39 is 11.5 Å². The number of phenolic OH excluding ortho intramolecular Hbond substituents is 1. The Bertz CT molecular complexity index is 657. The lowest BCUT2D eigenvalue weighted by atomic mass is 10.0. The number of benzene rings is 1. The van der Waals surface area contributed by atoms with Gasteiger partial charge in [0.05, 0.1) is 12.5 Å². The van der Waals surface area contributed by atoms with Crippen LogP contribution in [-0.4, -0.2) is 23.2 Å². The minimum Gasteiger partial charge on any atom is -0.507 e. The highest BCUT2D eigenvalue weighted by molar-refractivity contribution is 6.06. The average Bonchev–Trinajstić information content (AvgIpc) is 2.28. The van der Waals surface area contributed by atoms with Crippen LogP contribution < -0.4 is 5.56 Å². The van der Waals surface area contributed by atoms with Gasteiger partial charge in [0.2, 0.25) is 0 Å². The van der Waals surface area contributed by atoms with Crippen LogP contribution in [0.1, 0.15) is 16.1 Å². The SMILES string of the molecule is COC(=O)c1c(O)ccc2cc(C)[nH]c(=O)c12. The van der Waals surface area contributed by atoms with Crippen LogP contribution >= 0.6 is 0 Å². The standard InChI is InChI=1S/C12H11NO4/c1-6-5-7-3-4-8(14)10(12(16)17-2)9(7)11(15)13-6/h3-5,14H,1-2H3,(H,13,15). The Morgan fingerprint density at radius 1 is 1.41 bits per heavy atom. The highest BCUT2D eigenvalue weighted by Crippen LogP contribution is 2.25. The van der Waals surface area contributed by atoms with Gasteiger partial charge in [-0.3, -0.25) is 4.79 Å². The number of aromatic hydroxyl groups is 1. The Kier molecular flexibility index (Phi) is 2.59. The van der Waals surface area contributed by atoms with E-state index in [-0.39, 0.29) is 16.7 Å².